The molecule has 1 saturated heterocycles. The summed E-state index contributed by atoms with van der Waals surface area (Å²) < 4.78 is 5.55. The smallest absolute Gasteiger partial charge is 0.261 e. The molecule has 7 nitrogen and oxygen atoms in total. The normalized spacial score (nSPS) is 20.9. The van der Waals surface area contributed by atoms with Gasteiger partial charge in [0.1, 0.15) is 11.7 Å². The van der Waals surface area contributed by atoms with E-state index in [1.165, 1.54) is 0 Å². The van der Waals surface area contributed by atoms with Gasteiger partial charge in [0.15, 0.2) is 0 Å². The van der Waals surface area contributed by atoms with Crippen LogP contribution in [-0.4, -0.2) is 66.6 Å². The fraction of sp³-hybridized carbons (Fsp3) is 0.417. The molecule has 0 saturated carbocycles. The number of guanidine groups is 1. The summed E-state index contributed by atoms with van der Waals surface area (Å²) in [7, 11) is 1.63. The van der Waals surface area contributed by atoms with Gasteiger partial charge in [0.2, 0.25) is 5.96 Å². The number of nitrogens with zero attached hydrogens (tertiary/aromatic N) is 4. The zero-order valence-electron chi connectivity index (χ0n) is 18.5. The predicted octanol–water partition coefficient (Wildman–Crippen LogP) is 2.83. The monoisotopic (exact) mass is 420 g/mol. The minimum Gasteiger partial charge on any atom is -0.496 e. The van der Waals surface area contributed by atoms with Crippen molar-refractivity contribution in [1.29, 1.82) is 0 Å². The van der Waals surface area contributed by atoms with Crippen molar-refractivity contribution < 1.29 is 14.3 Å². The van der Waals surface area contributed by atoms with Crippen molar-refractivity contribution in [3.8, 4) is 5.75 Å². The average molecular weight is 421 g/mol. The van der Waals surface area contributed by atoms with E-state index in [4.69, 9.17) is 4.74 Å². The molecule has 0 spiro atoms. The Bertz CT molecular complexity index is 1020. The molecule has 1 aliphatic carbocycles. The van der Waals surface area contributed by atoms with E-state index in [0.717, 1.165) is 17.0 Å². The number of aliphatic imine (C=N–C) groups is 2. The van der Waals surface area contributed by atoms with E-state index in [1.807, 2.05) is 52.3 Å². The minimum absolute atomic E-state index is 0.0215. The van der Waals surface area contributed by atoms with Crippen LogP contribution in [-0.2, 0) is 10.2 Å². The average Bonchev–Trinajstić information content (AvgIpc) is 2.77. The van der Waals surface area contributed by atoms with E-state index < -0.39 is 0 Å². The van der Waals surface area contributed by atoms with Crippen molar-refractivity contribution in [3.05, 3.63) is 53.6 Å². The second-order valence-corrected chi connectivity index (χ2v) is 8.95. The quantitative estimate of drug-likeness (QED) is 0.737. The number of hydrogen-bond donors (Lipinski definition) is 0. The number of carbonyl (C=O) groups excluding carboxylic acids is 2. The van der Waals surface area contributed by atoms with Crippen LogP contribution in [0.25, 0.3) is 0 Å². The van der Waals surface area contributed by atoms with E-state index in [2.05, 4.69) is 30.8 Å². The molecule has 2 heterocycles. The van der Waals surface area contributed by atoms with Gasteiger partial charge >= 0.3 is 0 Å². The van der Waals surface area contributed by atoms with Crippen molar-refractivity contribution in [2.24, 2.45) is 15.9 Å². The maximum Gasteiger partial charge on any atom is 0.261 e. The molecule has 4 rings (SSSR count). The van der Waals surface area contributed by atoms with Gasteiger partial charge in [0, 0.05) is 31.7 Å². The zero-order chi connectivity index (χ0) is 22.2. The Balaban J connectivity index is 1.44. The first-order valence-electron chi connectivity index (χ1n) is 10.6. The maximum absolute atomic E-state index is 13.1. The highest BCUT2D eigenvalue weighted by atomic mass is 16.5. The third kappa shape index (κ3) is 4.17. The highest BCUT2D eigenvalue weighted by molar-refractivity contribution is 6.21. The predicted molar refractivity (Wildman–Crippen MR) is 121 cm³/mol. The van der Waals surface area contributed by atoms with Crippen LogP contribution in [0.4, 0.5) is 0 Å². The Kier molecular flexibility index (Phi) is 5.52. The van der Waals surface area contributed by atoms with E-state index >= 15 is 0 Å². The maximum atomic E-state index is 13.1. The number of amides is 2. The van der Waals surface area contributed by atoms with Crippen LogP contribution in [0.1, 0.15) is 36.7 Å². The largest absolute Gasteiger partial charge is 0.496 e. The van der Waals surface area contributed by atoms with Gasteiger partial charge in [-0.25, -0.2) is 4.99 Å². The lowest BCUT2D eigenvalue weighted by atomic mass is 9.85. The number of rotatable bonds is 2. The molecule has 0 radical (unpaired) electrons. The summed E-state index contributed by atoms with van der Waals surface area (Å²) in [4.78, 5) is 38.0. The second kappa shape index (κ2) is 8.13. The molecule has 0 aromatic heterocycles. The van der Waals surface area contributed by atoms with E-state index in [1.54, 1.807) is 7.11 Å². The third-order valence-electron chi connectivity index (χ3n) is 5.81. The summed E-state index contributed by atoms with van der Waals surface area (Å²) in [6.07, 6.45) is 7.39. The number of hydrogen-bond acceptors (Lipinski definition) is 5. The molecular formula is C24H28N4O3. The van der Waals surface area contributed by atoms with Crippen molar-refractivity contribution in [2.45, 2.75) is 26.2 Å². The summed E-state index contributed by atoms with van der Waals surface area (Å²) in [5.41, 5.74) is 2.34. The van der Waals surface area contributed by atoms with Crippen LogP contribution in [0, 0.1) is 5.92 Å². The van der Waals surface area contributed by atoms with Gasteiger partial charge in [-0.15, -0.1) is 0 Å². The highest BCUT2D eigenvalue weighted by Crippen LogP contribution is 2.32. The zero-order valence-corrected chi connectivity index (χ0v) is 18.5. The number of piperazine rings is 1. The van der Waals surface area contributed by atoms with E-state index in [0.29, 0.717) is 37.7 Å². The Morgan fingerprint density at radius 3 is 2.52 bits per heavy atom. The van der Waals surface area contributed by atoms with Crippen LogP contribution in [0.15, 0.2) is 52.5 Å². The Labute approximate surface area is 182 Å². The number of carbonyl (C=O) groups is 2. The SMILES string of the molecule is COc1cc(C(=O)N2CCN(C3=NC(=O)C4C=CC=CC4=N3)CC2)ccc1C(C)(C)C. The summed E-state index contributed by atoms with van der Waals surface area (Å²) in [5, 5.41) is 0. The van der Waals surface area contributed by atoms with Crippen molar-refractivity contribution in [1.82, 2.24) is 9.80 Å². The van der Waals surface area contributed by atoms with Gasteiger partial charge in [0.05, 0.1) is 12.8 Å². The number of benzene rings is 1. The summed E-state index contributed by atoms with van der Waals surface area (Å²) in [6.45, 7) is 8.60. The fourth-order valence-electron chi connectivity index (χ4n) is 4.03. The van der Waals surface area contributed by atoms with Crippen LogP contribution >= 0.6 is 0 Å². The molecule has 2 aliphatic heterocycles. The lowest BCUT2D eigenvalue weighted by Gasteiger charge is -2.36. The lowest BCUT2D eigenvalue weighted by molar-refractivity contribution is -0.118. The number of methoxy groups -OCH3 is 1. The molecule has 1 unspecified atom stereocenters. The molecular weight excluding hydrogens is 392 g/mol. The van der Waals surface area contributed by atoms with E-state index in [-0.39, 0.29) is 23.1 Å². The van der Waals surface area contributed by atoms with Gasteiger partial charge in [-0.1, -0.05) is 45.1 Å². The first-order valence-corrected chi connectivity index (χ1v) is 10.6. The Morgan fingerprint density at radius 2 is 1.84 bits per heavy atom. The molecule has 162 valence electrons. The molecule has 31 heavy (non-hydrogen) atoms. The number of ether oxygens (including phenoxy) is 1. The van der Waals surface area contributed by atoms with Gasteiger partial charge < -0.3 is 14.5 Å². The second-order valence-electron chi connectivity index (χ2n) is 8.95. The molecule has 0 N–H and O–H groups in total. The summed E-state index contributed by atoms with van der Waals surface area (Å²) >= 11 is 0. The molecule has 2 amide bonds. The molecule has 1 fully saturated rings. The molecule has 1 atom stereocenters. The van der Waals surface area contributed by atoms with Crippen LogP contribution in [0.5, 0.6) is 5.75 Å². The first-order chi connectivity index (χ1) is 14.8. The topological polar surface area (TPSA) is 74.6 Å². The standard InChI is InChI=1S/C24H28N4O3/c1-24(2,3)18-10-9-16(15-20(18)31-4)22(30)27-11-13-28(14-12-27)23-25-19-8-6-5-7-17(19)21(29)26-23/h5-10,15,17H,11-14H2,1-4H3. The summed E-state index contributed by atoms with van der Waals surface area (Å²) in [5.74, 6) is 0.589. The van der Waals surface area contributed by atoms with Gasteiger partial charge in [0.25, 0.3) is 11.8 Å². The lowest BCUT2D eigenvalue weighted by Crippen LogP contribution is -2.51. The molecule has 1 aromatic carbocycles. The van der Waals surface area contributed by atoms with Crippen molar-refractivity contribution in [3.63, 3.8) is 0 Å². The van der Waals surface area contributed by atoms with Gasteiger partial charge in [-0.3, -0.25) is 9.59 Å². The Hall–Kier alpha value is -3.22. The van der Waals surface area contributed by atoms with E-state index in [9.17, 15) is 9.59 Å². The molecule has 1 aromatic rings. The minimum atomic E-state index is -0.373. The summed E-state index contributed by atoms with van der Waals surface area (Å²) in [6, 6.07) is 5.67. The highest BCUT2D eigenvalue weighted by Gasteiger charge is 2.31. The molecule has 0 bridgehead atoms. The number of allylic oxidation sites excluding steroid dienone is 3. The molecule has 7 heteroatoms. The Morgan fingerprint density at radius 1 is 1.10 bits per heavy atom. The van der Waals surface area contributed by atoms with Crippen LogP contribution in [0.2, 0.25) is 0 Å². The van der Waals surface area contributed by atoms with Crippen LogP contribution in [0.3, 0.4) is 0 Å². The fourth-order valence-corrected chi connectivity index (χ4v) is 4.03. The first kappa shape index (κ1) is 21.0. The number of fused-ring (bicyclic) bond motifs is 1. The van der Waals surface area contributed by atoms with Crippen molar-refractivity contribution >= 4 is 23.5 Å². The molecule has 3 aliphatic rings. The third-order valence-corrected chi connectivity index (χ3v) is 5.81. The van der Waals surface area contributed by atoms with Crippen molar-refractivity contribution in [2.75, 3.05) is 33.3 Å². The van der Waals surface area contributed by atoms with Crippen LogP contribution < -0.4 is 4.74 Å². The van der Waals surface area contributed by atoms with Gasteiger partial charge in [-0.05, 0) is 29.2 Å². The van der Waals surface area contributed by atoms with Gasteiger partial charge in [-0.2, -0.15) is 4.99 Å².